The van der Waals surface area contributed by atoms with Crippen LogP contribution in [-0.4, -0.2) is 47.7 Å². The van der Waals surface area contributed by atoms with Crippen molar-refractivity contribution in [3.8, 4) is 0 Å². The molecule has 0 saturated heterocycles. The Morgan fingerprint density at radius 1 is 0.810 bits per heavy atom. The van der Waals surface area contributed by atoms with Crippen LogP contribution in [0.5, 0.6) is 0 Å². The maximum Gasteiger partial charge on any atom is 0.574 e. The lowest BCUT2D eigenvalue weighted by atomic mass is 10.1. The van der Waals surface area contributed by atoms with Gasteiger partial charge in [0.2, 0.25) is 5.41 Å². The molecule has 6 heteroatoms. The second-order valence-corrected chi connectivity index (χ2v) is 7.33. The minimum Gasteiger partial charge on any atom is -0.385 e. The predicted octanol–water partition coefficient (Wildman–Crippen LogP) is 3.13. The lowest BCUT2D eigenvalue weighted by molar-refractivity contribution is -0.119. The first-order valence-electron chi connectivity index (χ1n) is 8.10. The summed E-state index contributed by atoms with van der Waals surface area (Å²) in [6, 6.07) is 0. The second-order valence-electron chi connectivity index (χ2n) is 4.79. The maximum absolute atomic E-state index is 12.4. The van der Waals surface area contributed by atoms with Gasteiger partial charge in [0.25, 0.3) is 0 Å². The van der Waals surface area contributed by atoms with Crippen LogP contribution < -0.4 is 0 Å². The van der Waals surface area contributed by atoms with E-state index in [1.165, 1.54) is 0 Å². The first-order valence-corrected chi connectivity index (χ1v) is 9.83. The van der Waals surface area contributed by atoms with Crippen molar-refractivity contribution >= 4 is 14.2 Å². The molecule has 0 rings (SSSR count). The Kier molecular flexibility index (Phi) is 13.2. The molecule has 0 aliphatic rings. The minimum atomic E-state index is -3.14. The zero-order valence-corrected chi connectivity index (χ0v) is 15.1. The molecule has 0 unspecified atom stereocenters. The zero-order valence-electron chi connectivity index (χ0n) is 14.1. The monoisotopic (exact) mass is 320 g/mol. The van der Waals surface area contributed by atoms with Gasteiger partial charge in [-0.15, -0.1) is 0 Å². The molecule has 126 valence electrons. The smallest absolute Gasteiger partial charge is 0.385 e. The highest BCUT2D eigenvalue weighted by molar-refractivity contribution is 6.92. The summed E-state index contributed by atoms with van der Waals surface area (Å²) < 4.78 is 21.8. The highest BCUT2D eigenvalue weighted by Crippen LogP contribution is 2.16. The van der Waals surface area contributed by atoms with E-state index in [0.29, 0.717) is 26.2 Å². The number of rotatable bonds is 15. The SMILES string of the molecule is CCO[Si](OCC)(OCC)C(=O)CCCCCCCOC. The number of hydrogen-bond donors (Lipinski definition) is 0. The van der Waals surface area contributed by atoms with E-state index in [-0.39, 0.29) is 5.41 Å². The number of unbranched alkanes of at least 4 members (excludes halogenated alkanes) is 4. The summed E-state index contributed by atoms with van der Waals surface area (Å²) in [5.74, 6) is 0. The molecule has 0 aromatic heterocycles. The molecule has 0 heterocycles. The Morgan fingerprint density at radius 2 is 1.29 bits per heavy atom. The Hall–Kier alpha value is -0.273. The van der Waals surface area contributed by atoms with Gasteiger partial charge in [0.1, 0.15) is 0 Å². The van der Waals surface area contributed by atoms with Crippen molar-refractivity contribution in [3.63, 3.8) is 0 Å². The van der Waals surface area contributed by atoms with Crippen molar-refractivity contribution < 1.29 is 22.8 Å². The molecule has 0 aromatic rings. The van der Waals surface area contributed by atoms with E-state index >= 15 is 0 Å². The molecule has 0 N–H and O–H groups in total. The van der Waals surface area contributed by atoms with Crippen LogP contribution in [-0.2, 0) is 22.8 Å². The molecule has 0 aromatic carbocycles. The van der Waals surface area contributed by atoms with E-state index in [2.05, 4.69) is 0 Å². The van der Waals surface area contributed by atoms with Crippen LogP contribution in [0.25, 0.3) is 0 Å². The minimum absolute atomic E-state index is 0.0185. The van der Waals surface area contributed by atoms with Gasteiger partial charge >= 0.3 is 8.80 Å². The normalized spacial score (nSPS) is 11.8. The van der Waals surface area contributed by atoms with Crippen LogP contribution in [0.4, 0.5) is 0 Å². The number of methoxy groups -OCH3 is 1. The first-order chi connectivity index (χ1) is 10.2. The molecule has 0 atom stereocenters. The lowest BCUT2D eigenvalue weighted by Gasteiger charge is -2.26. The summed E-state index contributed by atoms with van der Waals surface area (Å²) in [5, 5.41) is 0.0185. The van der Waals surface area contributed by atoms with Gasteiger partial charge in [0.15, 0.2) is 0 Å². The maximum atomic E-state index is 12.4. The summed E-state index contributed by atoms with van der Waals surface area (Å²) in [4.78, 5) is 12.4. The molecule has 0 aliphatic carbocycles. The summed E-state index contributed by atoms with van der Waals surface area (Å²) in [5.41, 5.74) is 0. The van der Waals surface area contributed by atoms with E-state index in [4.69, 9.17) is 18.0 Å². The quantitative estimate of drug-likeness (QED) is 0.343. The van der Waals surface area contributed by atoms with Gasteiger partial charge in [-0.3, -0.25) is 4.79 Å². The molecular weight excluding hydrogens is 288 g/mol. The van der Waals surface area contributed by atoms with Crippen LogP contribution in [0, 0.1) is 0 Å². The van der Waals surface area contributed by atoms with E-state index in [9.17, 15) is 4.79 Å². The van der Waals surface area contributed by atoms with Gasteiger partial charge in [-0.2, -0.15) is 0 Å². The largest absolute Gasteiger partial charge is 0.574 e. The first kappa shape index (κ1) is 20.7. The fourth-order valence-corrected chi connectivity index (χ4v) is 4.51. The number of carbonyl (C=O) groups excluding carboxylic acids is 1. The lowest BCUT2D eigenvalue weighted by Crippen LogP contribution is -2.54. The van der Waals surface area contributed by atoms with E-state index in [1.54, 1.807) is 7.11 Å². The summed E-state index contributed by atoms with van der Waals surface area (Å²) >= 11 is 0. The fourth-order valence-electron chi connectivity index (χ4n) is 2.15. The third-order valence-electron chi connectivity index (χ3n) is 3.10. The van der Waals surface area contributed by atoms with Gasteiger partial charge in [0.05, 0.1) is 0 Å². The van der Waals surface area contributed by atoms with Crippen LogP contribution in [0.3, 0.4) is 0 Å². The Balaban J connectivity index is 4.15. The van der Waals surface area contributed by atoms with Crippen molar-refractivity contribution in [2.24, 2.45) is 0 Å². The molecule has 0 spiro atoms. The standard InChI is InChI=1S/C15H32O5Si/c1-5-18-21(19-6-2,20-7-3)15(16)13-11-9-8-10-12-14-17-4/h5-14H2,1-4H3. The Bertz CT molecular complexity index is 243. The summed E-state index contributed by atoms with van der Waals surface area (Å²) in [6.07, 6.45) is 5.75. The number of ether oxygens (including phenoxy) is 1. The fraction of sp³-hybridized carbons (Fsp3) is 0.933. The topological polar surface area (TPSA) is 54.0 Å². The molecule has 0 bridgehead atoms. The van der Waals surface area contributed by atoms with Gasteiger partial charge < -0.3 is 18.0 Å². The average Bonchev–Trinajstić information content (AvgIpc) is 2.46. The van der Waals surface area contributed by atoms with E-state index in [1.807, 2.05) is 20.8 Å². The van der Waals surface area contributed by atoms with Gasteiger partial charge in [-0.05, 0) is 33.6 Å². The van der Waals surface area contributed by atoms with Crippen molar-refractivity contribution in [2.75, 3.05) is 33.5 Å². The molecular formula is C15H32O5Si. The highest BCUT2D eigenvalue weighted by atomic mass is 28.4. The van der Waals surface area contributed by atoms with Gasteiger partial charge in [0, 0.05) is 40.0 Å². The molecule has 0 radical (unpaired) electrons. The second kappa shape index (κ2) is 13.4. The third-order valence-corrected chi connectivity index (χ3v) is 6.04. The number of carbonyl (C=O) groups is 1. The Labute approximate surface area is 130 Å². The van der Waals surface area contributed by atoms with Gasteiger partial charge in [-0.25, -0.2) is 0 Å². The molecule has 5 nitrogen and oxygen atoms in total. The van der Waals surface area contributed by atoms with Crippen LogP contribution in [0.2, 0.25) is 0 Å². The highest BCUT2D eigenvalue weighted by Gasteiger charge is 2.48. The molecule has 21 heavy (non-hydrogen) atoms. The van der Waals surface area contributed by atoms with Crippen LogP contribution in [0.15, 0.2) is 0 Å². The summed E-state index contributed by atoms with van der Waals surface area (Å²) in [6.45, 7) is 7.72. The van der Waals surface area contributed by atoms with Crippen molar-refractivity contribution in [1.82, 2.24) is 0 Å². The predicted molar refractivity (Wildman–Crippen MR) is 85.2 cm³/mol. The van der Waals surface area contributed by atoms with E-state index in [0.717, 1.165) is 38.7 Å². The van der Waals surface area contributed by atoms with Crippen molar-refractivity contribution in [1.29, 1.82) is 0 Å². The van der Waals surface area contributed by atoms with Crippen molar-refractivity contribution in [2.45, 2.75) is 59.3 Å². The zero-order chi connectivity index (χ0) is 16.0. The number of hydrogen-bond acceptors (Lipinski definition) is 5. The molecule has 0 fully saturated rings. The van der Waals surface area contributed by atoms with Gasteiger partial charge in [-0.1, -0.05) is 19.3 Å². The molecule has 0 saturated carbocycles. The third kappa shape index (κ3) is 8.68. The summed E-state index contributed by atoms with van der Waals surface area (Å²) in [7, 11) is -1.42. The Morgan fingerprint density at radius 3 is 1.76 bits per heavy atom. The van der Waals surface area contributed by atoms with E-state index < -0.39 is 8.80 Å². The van der Waals surface area contributed by atoms with Crippen LogP contribution in [0.1, 0.15) is 59.3 Å². The molecule has 0 amide bonds. The van der Waals surface area contributed by atoms with Crippen molar-refractivity contribution in [3.05, 3.63) is 0 Å². The average molecular weight is 321 g/mol. The van der Waals surface area contributed by atoms with Crippen LogP contribution >= 0.6 is 0 Å². The molecule has 0 aliphatic heterocycles.